The van der Waals surface area contributed by atoms with Crippen molar-refractivity contribution in [1.29, 1.82) is 0 Å². The van der Waals surface area contributed by atoms with Crippen LogP contribution in [0.3, 0.4) is 0 Å². The zero-order valence-corrected chi connectivity index (χ0v) is 12.7. The van der Waals surface area contributed by atoms with Gasteiger partial charge in [0.15, 0.2) is 5.13 Å². The molecule has 0 radical (unpaired) electrons. The number of rotatable bonds is 7. The molecule has 0 saturated carbocycles. The number of thioether (sulfide) groups is 1. The molecule has 0 unspecified atom stereocenters. The predicted octanol–water partition coefficient (Wildman–Crippen LogP) is 1.66. The molecule has 0 bridgehead atoms. The van der Waals surface area contributed by atoms with Crippen LogP contribution in [0, 0.1) is 0 Å². The Kier molecular flexibility index (Phi) is 6.28. The van der Waals surface area contributed by atoms with E-state index in [-0.39, 0.29) is 5.91 Å². The Morgan fingerprint density at radius 2 is 2.33 bits per heavy atom. The Labute approximate surface area is 116 Å². The van der Waals surface area contributed by atoms with Gasteiger partial charge in [0.25, 0.3) is 5.91 Å². The van der Waals surface area contributed by atoms with Gasteiger partial charge in [0, 0.05) is 25.9 Å². The van der Waals surface area contributed by atoms with Gasteiger partial charge in [-0.15, -0.1) is 0 Å². The Morgan fingerprint density at radius 3 is 2.94 bits per heavy atom. The molecule has 1 rings (SSSR count). The highest BCUT2D eigenvalue weighted by atomic mass is 32.2. The molecule has 1 aromatic heterocycles. The summed E-state index contributed by atoms with van der Waals surface area (Å²) in [5, 5.41) is 3.63. The summed E-state index contributed by atoms with van der Waals surface area (Å²) in [6.45, 7) is 3.65. The number of carbonyl (C=O) groups is 1. The largest absolute Gasteiger partial charge is 0.382 e. The van der Waals surface area contributed by atoms with Gasteiger partial charge in [-0.05, 0) is 12.7 Å². The number of amides is 1. The third-order valence-corrected chi connectivity index (χ3v) is 4.12. The number of aromatic nitrogens is 1. The van der Waals surface area contributed by atoms with Gasteiger partial charge in [-0.2, -0.15) is 11.8 Å². The van der Waals surface area contributed by atoms with Crippen LogP contribution >= 0.6 is 23.1 Å². The van der Waals surface area contributed by atoms with Crippen LogP contribution < -0.4 is 16.0 Å². The first-order valence-electron chi connectivity index (χ1n) is 5.84. The molecule has 1 aromatic rings. The van der Waals surface area contributed by atoms with Crippen molar-refractivity contribution in [2.75, 3.05) is 42.8 Å². The normalized spacial score (nSPS) is 10.4. The van der Waals surface area contributed by atoms with Crippen molar-refractivity contribution >= 4 is 40.0 Å². The van der Waals surface area contributed by atoms with E-state index in [2.05, 4.69) is 17.2 Å². The van der Waals surface area contributed by atoms with E-state index in [0.717, 1.165) is 23.8 Å². The monoisotopic (exact) mass is 288 g/mol. The SMILES string of the molecule is CCCN(C)c1nc(N)c(C(=O)NCCSC)s1. The molecule has 1 heterocycles. The number of nitrogens with two attached hydrogens (primary N) is 1. The van der Waals surface area contributed by atoms with Crippen molar-refractivity contribution in [3.8, 4) is 0 Å². The maximum Gasteiger partial charge on any atom is 0.265 e. The average Bonchev–Trinajstić information content (AvgIpc) is 2.72. The third kappa shape index (κ3) is 4.06. The molecule has 0 atom stereocenters. The topological polar surface area (TPSA) is 71.2 Å². The van der Waals surface area contributed by atoms with Crippen LogP contribution in [0.15, 0.2) is 0 Å². The lowest BCUT2D eigenvalue weighted by molar-refractivity contribution is 0.0961. The smallest absolute Gasteiger partial charge is 0.265 e. The highest BCUT2D eigenvalue weighted by Crippen LogP contribution is 2.27. The quantitative estimate of drug-likeness (QED) is 0.747. The molecule has 5 nitrogen and oxygen atoms in total. The van der Waals surface area contributed by atoms with E-state index in [1.54, 1.807) is 11.8 Å². The molecule has 102 valence electrons. The van der Waals surface area contributed by atoms with E-state index in [1.807, 2.05) is 18.2 Å². The van der Waals surface area contributed by atoms with Gasteiger partial charge >= 0.3 is 0 Å². The molecular formula is C11H20N4OS2. The van der Waals surface area contributed by atoms with Gasteiger partial charge in [-0.3, -0.25) is 4.79 Å². The van der Waals surface area contributed by atoms with Crippen molar-refractivity contribution in [3.63, 3.8) is 0 Å². The molecule has 7 heteroatoms. The minimum atomic E-state index is -0.129. The molecule has 3 N–H and O–H groups in total. The fraction of sp³-hybridized carbons (Fsp3) is 0.636. The number of hydrogen-bond donors (Lipinski definition) is 2. The molecular weight excluding hydrogens is 268 g/mol. The molecule has 0 aromatic carbocycles. The Bertz CT molecular complexity index is 394. The summed E-state index contributed by atoms with van der Waals surface area (Å²) in [6, 6.07) is 0. The number of nitrogens with zero attached hydrogens (tertiary/aromatic N) is 2. The summed E-state index contributed by atoms with van der Waals surface area (Å²) in [7, 11) is 1.96. The summed E-state index contributed by atoms with van der Waals surface area (Å²) in [5.41, 5.74) is 5.79. The van der Waals surface area contributed by atoms with E-state index < -0.39 is 0 Å². The van der Waals surface area contributed by atoms with Crippen LogP contribution in [0.1, 0.15) is 23.0 Å². The molecule has 0 aliphatic rings. The van der Waals surface area contributed by atoms with Crippen LogP contribution in [0.4, 0.5) is 10.9 Å². The minimum absolute atomic E-state index is 0.129. The van der Waals surface area contributed by atoms with Crippen LogP contribution in [-0.4, -0.2) is 43.0 Å². The first kappa shape index (κ1) is 15.1. The van der Waals surface area contributed by atoms with Crippen molar-refractivity contribution < 1.29 is 4.79 Å². The lowest BCUT2D eigenvalue weighted by Gasteiger charge is -2.13. The van der Waals surface area contributed by atoms with Gasteiger partial charge in [-0.25, -0.2) is 4.98 Å². The van der Waals surface area contributed by atoms with Crippen LogP contribution in [0.5, 0.6) is 0 Å². The van der Waals surface area contributed by atoms with Gasteiger partial charge in [0.05, 0.1) is 0 Å². The zero-order valence-electron chi connectivity index (χ0n) is 11.0. The third-order valence-electron chi connectivity index (χ3n) is 2.33. The van der Waals surface area contributed by atoms with E-state index >= 15 is 0 Å². The first-order valence-corrected chi connectivity index (χ1v) is 8.05. The number of anilines is 2. The van der Waals surface area contributed by atoms with Crippen molar-refractivity contribution in [3.05, 3.63) is 4.88 Å². The maximum absolute atomic E-state index is 11.9. The highest BCUT2D eigenvalue weighted by Gasteiger charge is 2.17. The van der Waals surface area contributed by atoms with Gasteiger partial charge < -0.3 is 16.0 Å². The summed E-state index contributed by atoms with van der Waals surface area (Å²) in [5.74, 6) is 1.09. The number of thiazole rings is 1. The zero-order chi connectivity index (χ0) is 13.5. The maximum atomic E-state index is 11.9. The molecule has 1 amide bonds. The van der Waals surface area contributed by atoms with E-state index in [1.165, 1.54) is 11.3 Å². The van der Waals surface area contributed by atoms with E-state index in [0.29, 0.717) is 17.2 Å². The van der Waals surface area contributed by atoms with Crippen LogP contribution in [0.2, 0.25) is 0 Å². The number of nitrogens with one attached hydrogen (secondary N) is 1. The van der Waals surface area contributed by atoms with E-state index in [9.17, 15) is 4.79 Å². The van der Waals surface area contributed by atoms with Crippen molar-refractivity contribution in [1.82, 2.24) is 10.3 Å². The Hall–Kier alpha value is -0.950. The van der Waals surface area contributed by atoms with Crippen molar-refractivity contribution in [2.45, 2.75) is 13.3 Å². The second kappa shape index (κ2) is 7.48. The average molecular weight is 288 g/mol. The fourth-order valence-corrected chi connectivity index (χ4v) is 2.62. The van der Waals surface area contributed by atoms with Gasteiger partial charge in [0.1, 0.15) is 10.7 Å². The molecule has 0 fully saturated rings. The number of carbonyl (C=O) groups excluding carboxylic acids is 1. The summed E-state index contributed by atoms with van der Waals surface area (Å²) < 4.78 is 0. The lowest BCUT2D eigenvalue weighted by Crippen LogP contribution is -2.25. The number of nitrogen functional groups attached to an aromatic ring is 1. The van der Waals surface area contributed by atoms with Crippen molar-refractivity contribution in [2.24, 2.45) is 0 Å². The Balaban J connectivity index is 2.68. The summed E-state index contributed by atoms with van der Waals surface area (Å²) >= 11 is 3.04. The molecule has 0 saturated heterocycles. The molecule has 18 heavy (non-hydrogen) atoms. The highest BCUT2D eigenvalue weighted by molar-refractivity contribution is 7.98. The summed E-state index contributed by atoms with van der Waals surface area (Å²) in [6.07, 6.45) is 3.04. The standard InChI is InChI=1S/C11H20N4OS2/c1-4-6-15(2)11-14-9(12)8(18-11)10(16)13-5-7-17-3/h4-7,12H2,1-3H3,(H,13,16). The Morgan fingerprint density at radius 1 is 1.61 bits per heavy atom. The lowest BCUT2D eigenvalue weighted by atomic mass is 10.4. The van der Waals surface area contributed by atoms with Gasteiger partial charge in [0.2, 0.25) is 0 Å². The first-order chi connectivity index (χ1) is 8.60. The van der Waals surface area contributed by atoms with Gasteiger partial charge in [-0.1, -0.05) is 18.3 Å². The minimum Gasteiger partial charge on any atom is -0.382 e. The fourth-order valence-electron chi connectivity index (χ4n) is 1.42. The number of hydrogen-bond acceptors (Lipinski definition) is 6. The second-order valence-electron chi connectivity index (χ2n) is 3.88. The molecule has 0 aliphatic heterocycles. The second-order valence-corrected chi connectivity index (χ2v) is 5.84. The van der Waals surface area contributed by atoms with Crippen LogP contribution in [-0.2, 0) is 0 Å². The van der Waals surface area contributed by atoms with Crippen LogP contribution in [0.25, 0.3) is 0 Å². The van der Waals surface area contributed by atoms with E-state index in [4.69, 9.17) is 5.73 Å². The summed E-state index contributed by atoms with van der Waals surface area (Å²) in [4.78, 5) is 18.6. The predicted molar refractivity (Wildman–Crippen MR) is 80.8 cm³/mol. The molecule has 0 aliphatic carbocycles. The molecule has 0 spiro atoms.